The van der Waals surface area contributed by atoms with Gasteiger partial charge in [-0.2, -0.15) is 0 Å². The number of rotatable bonds is 7. The Bertz CT molecular complexity index is 323. The maximum atomic E-state index is 11.4. The Labute approximate surface area is 102 Å². The lowest BCUT2D eigenvalue weighted by Crippen LogP contribution is -2.39. The number of amides is 1. The first-order chi connectivity index (χ1) is 8.26. The van der Waals surface area contributed by atoms with Crippen LogP contribution in [-0.2, 0) is 16.1 Å². The van der Waals surface area contributed by atoms with Gasteiger partial charge in [-0.1, -0.05) is 37.3 Å². The number of aliphatic hydroxyl groups excluding tert-OH is 1. The van der Waals surface area contributed by atoms with Crippen molar-refractivity contribution in [1.29, 1.82) is 0 Å². The van der Waals surface area contributed by atoms with Crippen molar-refractivity contribution in [2.75, 3.05) is 13.2 Å². The standard InChI is InChI=1S/C13H19NO3/c1-2-12(8-15)14-13(16)10-17-9-11-6-4-3-5-7-11/h3-7,12,15H,2,8-10H2,1H3,(H,14,16). The minimum atomic E-state index is -0.193. The van der Waals surface area contributed by atoms with Gasteiger partial charge in [-0.25, -0.2) is 0 Å². The molecule has 1 amide bonds. The lowest BCUT2D eigenvalue weighted by atomic mass is 10.2. The smallest absolute Gasteiger partial charge is 0.246 e. The van der Waals surface area contributed by atoms with Gasteiger partial charge in [0.15, 0.2) is 0 Å². The molecule has 17 heavy (non-hydrogen) atoms. The summed E-state index contributed by atoms with van der Waals surface area (Å²) in [7, 11) is 0. The normalized spacial score (nSPS) is 12.1. The first-order valence-electron chi connectivity index (χ1n) is 5.78. The van der Waals surface area contributed by atoms with Crippen molar-refractivity contribution in [1.82, 2.24) is 5.32 Å². The summed E-state index contributed by atoms with van der Waals surface area (Å²) in [5.41, 5.74) is 1.04. The molecule has 4 heteroatoms. The van der Waals surface area contributed by atoms with E-state index < -0.39 is 0 Å². The van der Waals surface area contributed by atoms with Gasteiger partial charge in [0.1, 0.15) is 6.61 Å². The molecule has 4 nitrogen and oxygen atoms in total. The summed E-state index contributed by atoms with van der Waals surface area (Å²) in [6.07, 6.45) is 0.709. The van der Waals surface area contributed by atoms with Gasteiger partial charge in [-0.15, -0.1) is 0 Å². The van der Waals surface area contributed by atoms with Crippen LogP contribution in [-0.4, -0.2) is 30.3 Å². The number of benzene rings is 1. The predicted octanol–water partition coefficient (Wildman–Crippen LogP) is 1.09. The molecule has 0 fully saturated rings. The van der Waals surface area contributed by atoms with Gasteiger partial charge in [-0.05, 0) is 12.0 Å². The molecule has 1 aromatic rings. The quantitative estimate of drug-likeness (QED) is 0.746. The largest absolute Gasteiger partial charge is 0.394 e. The van der Waals surface area contributed by atoms with E-state index in [-0.39, 0.29) is 25.2 Å². The molecule has 0 bridgehead atoms. The van der Waals surface area contributed by atoms with E-state index in [4.69, 9.17) is 9.84 Å². The van der Waals surface area contributed by atoms with E-state index in [1.807, 2.05) is 37.3 Å². The van der Waals surface area contributed by atoms with Crippen LogP contribution in [0.3, 0.4) is 0 Å². The Morgan fingerprint density at radius 3 is 2.71 bits per heavy atom. The van der Waals surface area contributed by atoms with Crippen LogP contribution in [0.2, 0.25) is 0 Å². The molecule has 1 rings (SSSR count). The molecule has 0 aromatic heterocycles. The van der Waals surface area contributed by atoms with Gasteiger partial charge < -0.3 is 15.2 Å². The monoisotopic (exact) mass is 237 g/mol. The minimum Gasteiger partial charge on any atom is -0.394 e. The van der Waals surface area contributed by atoms with Crippen LogP contribution >= 0.6 is 0 Å². The molecule has 1 aromatic carbocycles. The fraction of sp³-hybridized carbons (Fsp3) is 0.462. The average molecular weight is 237 g/mol. The van der Waals surface area contributed by atoms with Crippen molar-refractivity contribution >= 4 is 5.91 Å². The third kappa shape index (κ3) is 5.47. The highest BCUT2D eigenvalue weighted by Gasteiger charge is 2.08. The number of nitrogens with one attached hydrogen (secondary N) is 1. The van der Waals surface area contributed by atoms with Gasteiger partial charge >= 0.3 is 0 Å². The Morgan fingerprint density at radius 1 is 1.41 bits per heavy atom. The van der Waals surface area contributed by atoms with Gasteiger partial charge in [-0.3, -0.25) is 4.79 Å². The maximum absolute atomic E-state index is 11.4. The summed E-state index contributed by atoms with van der Waals surface area (Å²) in [6.45, 7) is 2.31. The van der Waals surface area contributed by atoms with Crippen molar-refractivity contribution in [3.8, 4) is 0 Å². The van der Waals surface area contributed by atoms with Crippen molar-refractivity contribution in [3.63, 3.8) is 0 Å². The zero-order chi connectivity index (χ0) is 12.5. The second-order valence-electron chi connectivity index (χ2n) is 3.83. The highest BCUT2D eigenvalue weighted by Crippen LogP contribution is 2.00. The maximum Gasteiger partial charge on any atom is 0.246 e. The van der Waals surface area contributed by atoms with Crippen LogP contribution in [0.15, 0.2) is 30.3 Å². The molecule has 0 radical (unpaired) electrons. The lowest BCUT2D eigenvalue weighted by Gasteiger charge is -2.13. The summed E-state index contributed by atoms with van der Waals surface area (Å²) in [5, 5.41) is 11.6. The number of carbonyl (C=O) groups is 1. The Morgan fingerprint density at radius 2 is 2.12 bits per heavy atom. The number of hydrogen-bond donors (Lipinski definition) is 2. The van der Waals surface area contributed by atoms with E-state index in [9.17, 15) is 4.79 Å². The third-order valence-electron chi connectivity index (χ3n) is 2.42. The molecule has 0 aliphatic rings. The predicted molar refractivity (Wildman–Crippen MR) is 65.4 cm³/mol. The molecule has 1 atom stereocenters. The third-order valence-corrected chi connectivity index (χ3v) is 2.42. The van der Waals surface area contributed by atoms with Crippen molar-refractivity contribution in [3.05, 3.63) is 35.9 Å². The van der Waals surface area contributed by atoms with Crippen molar-refractivity contribution < 1.29 is 14.6 Å². The molecule has 2 N–H and O–H groups in total. The summed E-state index contributed by atoms with van der Waals surface area (Å²) in [4.78, 5) is 11.4. The SMILES string of the molecule is CCC(CO)NC(=O)COCc1ccccc1. The van der Waals surface area contributed by atoms with Gasteiger partial charge in [0.05, 0.1) is 19.3 Å². The lowest BCUT2D eigenvalue weighted by molar-refractivity contribution is -0.127. The summed E-state index contributed by atoms with van der Waals surface area (Å²) < 4.78 is 5.28. The molecule has 0 spiro atoms. The van der Waals surface area contributed by atoms with Gasteiger partial charge in [0.25, 0.3) is 0 Å². The molecular formula is C13H19NO3. The highest BCUT2D eigenvalue weighted by molar-refractivity contribution is 5.77. The zero-order valence-electron chi connectivity index (χ0n) is 10.1. The first kappa shape index (κ1) is 13.7. The number of aliphatic hydroxyl groups is 1. The van der Waals surface area contributed by atoms with Crippen LogP contribution in [0.5, 0.6) is 0 Å². The van der Waals surface area contributed by atoms with Crippen molar-refractivity contribution in [2.45, 2.75) is 26.0 Å². The summed E-state index contributed by atoms with van der Waals surface area (Å²) in [6, 6.07) is 9.50. The fourth-order valence-electron chi connectivity index (χ4n) is 1.38. The van der Waals surface area contributed by atoms with Crippen LogP contribution < -0.4 is 5.32 Å². The second-order valence-corrected chi connectivity index (χ2v) is 3.83. The second kappa shape index (κ2) is 7.81. The van der Waals surface area contributed by atoms with Crippen LogP contribution in [0.4, 0.5) is 0 Å². The molecule has 0 saturated heterocycles. The molecule has 0 aliphatic carbocycles. The number of carbonyl (C=O) groups excluding carboxylic acids is 1. The van der Waals surface area contributed by atoms with E-state index in [2.05, 4.69) is 5.32 Å². The minimum absolute atomic E-state index is 0.0192. The molecular weight excluding hydrogens is 218 g/mol. The molecule has 0 aliphatic heterocycles. The first-order valence-corrected chi connectivity index (χ1v) is 5.78. The number of hydrogen-bond acceptors (Lipinski definition) is 3. The van der Waals surface area contributed by atoms with E-state index >= 15 is 0 Å². The number of ether oxygens (including phenoxy) is 1. The molecule has 94 valence electrons. The summed E-state index contributed by atoms with van der Waals surface area (Å²) >= 11 is 0. The molecule has 0 heterocycles. The highest BCUT2D eigenvalue weighted by atomic mass is 16.5. The van der Waals surface area contributed by atoms with E-state index in [1.165, 1.54) is 0 Å². The van der Waals surface area contributed by atoms with E-state index in [1.54, 1.807) is 0 Å². The van der Waals surface area contributed by atoms with E-state index in [0.717, 1.165) is 5.56 Å². The van der Waals surface area contributed by atoms with Crippen LogP contribution in [0.1, 0.15) is 18.9 Å². The van der Waals surface area contributed by atoms with Gasteiger partial charge in [0, 0.05) is 0 Å². The molecule has 0 saturated carbocycles. The van der Waals surface area contributed by atoms with Gasteiger partial charge in [0.2, 0.25) is 5.91 Å². The Balaban J connectivity index is 2.20. The Kier molecular flexibility index (Phi) is 6.29. The average Bonchev–Trinajstić information content (AvgIpc) is 2.37. The van der Waals surface area contributed by atoms with Crippen LogP contribution in [0, 0.1) is 0 Å². The van der Waals surface area contributed by atoms with E-state index in [0.29, 0.717) is 13.0 Å². The Hall–Kier alpha value is -1.39. The zero-order valence-corrected chi connectivity index (χ0v) is 10.1. The fourth-order valence-corrected chi connectivity index (χ4v) is 1.38. The topological polar surface area (TPSA) is 58.6 Å². The van der Waals surface area contributed by atoms with Crippen LogP contribution in [0.25, 0.3) is 0 Å². The molecule has 1 unspecified atom stereocenters. The summed E-state index contributed by atoms with van der Waals surface area (Å²) in [5.74, 6) is -0.193. The van der Waals surface area contributed by atoms with Crippen molar-refractivity contribution in [2.24, 2.45) is 0 Å².